The summed E-state index contributed by atoms with van der Waals surface area (Å²) in [6.45, 7) is 2.09. The minimum Gasteiger partial charge on any atom is -0.507 e. The first-order valence-electron chi connectivity index (χ1n) is 9.49. The van der Waals surface area contributed by atoms with E-state index in [0.717, 1.165) is 0 Å². The molecule has 2 amide bonds. The Hall–Kier alpha value is -2.83. The molecule has 1 fully saturated rings. The number of likely N-dealkylation sites (tertiary alicyclic amines) is 1. The number of carboxylic acid groups (broad SMARTS) is 1. The van der Waals surface area contributed by atoms with E-state index in [9.17, 15) is 24.6 Å². The van der Waals surface area contributed by atoms with Gasteiger partial charge in [0.05, 0.1) is 19.1 Å². The number of carboxylic acids is 1. The third kappa shape index (κ3) is 6.08. The summed E-state index contributed by atoms with van der Waals surface area (Å²) in [6, 6.07) is 2.09. The summed E-state index contributed by atoms with van der Waals surface area (Å²) in [6.07, 6.45) is -0.151. The summed E-state index contributed by atoms with van der Waals surface area (Å²) >= 11 is 0. The Morgan fingerprint density at radius 1 is 1.33 bits per heavy atom. The fraction of sp³-hybridized carbons (Fsp3) is 0.500. The number of rotatable bonds is 10. The molecule has 30 heavy (non-hydrogen) atoms. The summed E-state index contributed by atoms with van der Waals surface area (Å²) in [5.74, 6) is -2.42. The van der Waals surface area contributed by atoms with Crippen LogP contribution in [0.4, 0.5) is 0 Å². The van der Waals surface area contributed by atoms with E-state index in [1.54, 1.807) is 0 Å². The molecule has 1 saturated heterocycles. The van der Waals surface area contributed by atoms with E-state index in [2.05, 4.69) is 5.32 Å². The lowest BCUT2D eigenvalue weighted by molar-refractivity contribution is -0.141. The number of phenols is 1. The van der Waals surface area contributed by atoms with Gasteiger partial charge in [-0.1, -0.05) is 6.07 Å². The second-order valence-corrected chi connectivity index (χ2v) is 7.13. The van der Waals surface area contributed by atoms with E-state index >= 15 is 0 Å². The van der Waals surface area contributed by atoms with Gasteiger partial charge >= 0.3 is 13.1 Å². The summed E-state index contributed by atoms with van der Waals surface area (Å²) in [5, 5.41) is 40.2. The molecular weight excluding hydrogens is 397 g/mol. The van der Waals surface area contributed by atoms with Crippen molar-refractivity contribution in [2.24, 2.45) is 5.73 Å². The lowest BCUT2D eigenvalue weighted by Gasteiger charge is -2.40. The minimum atomic E-state index is -1.57. The van der Waals surface area contributed by atoms with Crippen LogP contribution in [0.25, 0.3) is 0 Å². The number of hydrogen-bond donors (Lipinski definition) is 6. The number of nitrogens with two attached hydrogens (primary N) is 1. The highest BCUT2D eigenvalue weighted by Gasteiger charge is 2.35. The van der Waals surface area contributed by atoms with Crippen LogP contribution in [-0.4, -0.2) is 81.8 Å². The minimum absolute atomic E-state index is 0.0413. The maximum Gasteiger partial charge on any atom is 0.451 e. The summed E-state index contributed by atoms with van der Waals surface area (Å²) in [7, 11) is -1.57. The van der Waals surface area contributed by atoms with E-state index in [1.165, 1.54) is 24.0 Å². The molecule has 1 aliphatic heterocycles. The molecule has 1 atom stereocenters. The van der Waals surface area contributed by atoms with Crippen LogP contribution in [0, 0.1) is 0 Å². The Labute approximate surface area is 173 Å². The molecule has 1 heterocycles. The largest absolute Gasteiger partial charge is 0.507 e. The molecule has 0 bridgehead atoms. The Balaban J connectivity index is 1.95. The monoisotopic (exact) mass is 423 g/mol. The first kappa shape index (κ1) is 23.5. The zero-order valence-corrected chi connectivity index (χ0v) is 16.6. The van der Waals surface area contributed by atoms with Crippen molar-refractivity contribution in [2.75, 3.05) is 19.6 Å². The van der Waals surface area contributed by atoms with Crippen molar-refractivity contribution >= 4 is 24.9 Å². The molecule has 164 valence electrons. The Kier molecular flexibility index (Phi) is 8.04. The smallest absolute Gasteiger partial charge is 0.451 e. The molecule has 1 aromatic carbocycles. The molecule has 12 heteroatoms. The molecule has 0 saturated carbocycles. The molecule has 2 rings (SSSR count). The van der Waals surface area contributed by atoms with Gasteiger partial charge in [0.2, 0.25) is 11.8 Å². The second-order valence-electron chi connectivity index (χ2n) is 7.13. The number of aromatic carboxylic acids is 1. The summed E-state index contributed by atoms with van der Waals surface area (Å²) in [4.78, 5) is 36.2. The molecule has 0 spiro atoms. The molecule has 7 N–H and O–H groups in total. The van der Waals surface area contributed by atoms with Crippen molar-refractivity contribution in [3.63, 3.8) is 0 Å². The topological polar surface area (TPSA) is 183 Å². The Morgan fingerprint density at radius 2 is 2.00 bits per heavy atom. The molecule has 11 nitrogen and oxygen atoms in total. The van der Waals surface area contributed by atoms with E-state index in [1.807, 2.05) is 0 Å². The van der Waals surface area contributed by atoms with E-state index < -0.39 is 36.5 Å². The highest BCUT2D eigenvalue weighted by molar-refractivity contribution is 6.41. The predicted octanol–water partition coefficient (Wildman–Crippen LogP) is -1.45. The SMILES string of the molecule is CC(=O)NCCC(N)C(=O)N1CC(Oc2ccc(CCB(O)O)c(O)c2C(=O)O)C1. The van der Waals surface area contributed by atoms with E-state index in [-0.39, 0.29) is 55.5 Å². The number of carbonyl (C=O) groups is 3. The lowest BCUT2D eigenvalue weighted by atomic mass is 9.82. The van der Waals surface area contributed by atoms with Gasteiger partial charge in [-0.15, -0.1) is 0 Å². The van der Waals surface area contributed by atoms with Gasteiger partial charge in [0.15, 0.2) is 0 Å². The fourth-order valence-electron chi connectivity index (χ4n) is 3.04. The van der Waals surface area contributed by atoms with Crippen molar-refractivity contribution in [1.82, 2.24) is 10.2 Å². The summed E-state index contributed by atoms with van der Waals surface area (Å²) in [5.41, 5.74) is 5.67. The first-order chi connectivity index (χ1) is 14.1. The van der Waals surface area contributed by atoms with Gasteiger partial charge in [-0.05, 0) is 30.8 Å². The number of amides is 2. The first-order valence-corrected chi connectivity index (χ1v) is 9.49. The average Bonchev–Trinajstić information content (AvgIpc) is 2.62. The summed E-state index contributed by atoms with van der Waals surface area (Å²) < 4.78 is 5.65. The van der Waals surface area contributed by atoms with Crippen LogP contribution in [0.5, 0.6) is 11.5 Å². The predicted molar refractivity (Wildman–Crippen MR) is 106 cm³/mol. The van der Waals surface area contributed by atoms with Gasteiger partial charge in [-0.25, -0.2) is 4.79 Å². The van der Waals surface area contributed by atoms with Crippen LogP contribution in [0.2, 0.25) is 6.32 Å². The molecule has 1 unspecified atom stereocenters. The van der Waals surface area contributed by atoms with Crippen LogP contribution in [0.15, 0.2) is 12.1 Å². The number of nitrogens with one attached hydrogen (secondary N) is 1. The molecule has 0 aromatic heterocycles. The highest BCUT2D eigenvalue weighted by Crippen LogP contribution is 2.34. The van der Waals surface area contributed by atoms with Gasteiger partial charge in [-0.3, -0.25) is 9.59 Å². The number of aromatic hydroxyl groups is 1. The fourth-order valence-corrected chi connectivity index (χ4v) is 3.04. The zero-order chi connectivity index (χ0) is 22.4. The number of hydrogen-bond acceptors (Lipinski definition) is 8. The van der Waals surface area contributed by atoms with Gasteiger partial charge < -0.3 is 40.9 Å². The molecule has 1 aliphatic rings. The highest BCUT2D eigenvalue weighted by atomic mass is 16.5. The Bertz CT molecular complexity index is 798. The average molecular weight is 423 g/mol. The van der Waals surface area contributed by atoms with Crippen molar-refractivity contribution in [3.05, 3.63) is 23.3 Å². The van der Waals surface area contributed by atoms with Crippen molar-refractivity contribution < 1.29 is 39.4 Å². The van der Waals surface area contributed by atoms with Gasteiger partial charge in [-0.2, -0.15) is 0 Å². The molecule has 0 aliphatic carbocycles. The van der Waals surface area contributed by atoms with Gasteiger partial charge in [0.1, 0.15) is 23.2 Å². The number of ether oxygens (including phenoxy) is 1. The van der Waals surface area contributed by atoms with Gasteiger partial charge in [0.25, 0.3) is 0 Å². The van der Waals surface area contributed by atoms with Crippen molar-refractivity contribution in [3.8, 4) is 11.5 Å². The van der Waals surface area contributed by atoms with Crippen LogP contribution >= 0.6 is 0 Å². The second kappa shape index (κ2) is 10.3. The lowest BCUT2D eigenvalue weighted by Crippen LogP contribution is -2.60. The van der Waals surface area contributed by atoms with Gasteiger partial charge in [0, 0.05) is 13.5 Å². The van der Waals surface area contributed by atoms with E-state index in [0.29, 0.717) is 6.42 Å². The maximum atomic E-state index is 12.3. The van der Waals surface area contributed by atoms with Crippen molar-refractivity contribution in [1.29, 1.82) is 0 Å². The molecular formula is C18H26BN3O8. The number of nitrogens with zero attached hydrogens (tertiary/aromatic N) is 1. The van der Waals surface area contributed by atoms with Crippen LogP contribution in [0.3, 0.4) is 0 Å². The third-order valence-electron chi connectivity index (χ3n) is 4.71. The number of aryl methyl sites for hydroxylation is 1. The third-order valence-corrected chi connectivity index (χ3v) is 4.71. The maximum absolute atomic E-state index is 12.3. The Morgan fingerprint density at radius 3 is 2.57 bits per heavy atom. The number of carbonyl (C=O) groups excluding carboxylic acids is 2. The van der Waals surface area contributed by atoms with Crippen LogP contribution < -0.4 is 15.8 Å². The quantitative estimate of drug-likeness (QED) is 0.245. The van der Waals surface area contributed by atoms with Crippen LogP contribution in [0.1, 0.15) is 29.3 Å². The molecule has 1 aromatic rings. The molecule has 0 radical (unpaired) electrons. The standard InChI is InChI=1S/C18H26BN3O8/c1-10(23)21-7-5-13(20)17(25)22-8-12(9-22)30-14-3-2-11(4-6-19(28)29)16(24)15(14)18(26)27/h2-3,12-13,24,28-29H,4-9,20H2,1H3,(H,21,23)(H,26,27). The van der Waals surface area contributed by atoms with Crippen molar-refractivity contribution in [2.45, 2.75) is 38.2 Å². The normalized spacial score (nSPS) is 14.6. The zero-order valence-electron chi connectivity index (χ0n) is 16.6. The number of benzene rings is 1. The van der Waals surface area contributed by atoms with Crippen LogP contribution in [-0.2, 0) is 16.0 Å². The van der Waals surface area contributed by atoms with E-state index in [4.69, 9.17) is 20.5 Å².